The van der Waals surface area contributed by atoms with E-state index in [9.17, 15) is 18.0 Å². The van der Waals surface area contributed by atoms with Gasteiger partial charge in [-0.05, 0) is 41.8 Å². The predicted molar refractivity (Wildman–Crippen MR) is 107 cm³/mol. The first-order valence-electron chi connectivity index (χ1n) is 9.82. The fourth-order valence-corrected chi connectivity index (χ4v) is 3.51. The minimum Gasteiger partial charge on any atom is -0.368 e. The molecule has 3 aromatic rings. The van der Waals surface area contributed by atoms with Crippen molar-refractivity contribution < 1.29 is 22.7 Å². The number of rotatable bonds is 4. The van der Waals surface area contributed by atoms with Crippen LogP contribution in [0.25, 0.3) is 0 Å². The number of hydrogen-bond acceptors (Lipinski definition) is 4. The van der Waals surface area contributed by atoms with Crippen molar-refractivity contribution in [2.45, 2.75) is 18.7 Å². The van der Waals surface area contributed by atoms with E-state index in [1.807, 2.05) is 6.07 Å². The first-order valence-corrected chi connectivity index (χ1v) is 9.82. The van der Waals surface area contributed by atoms with Crippen molar-refractivity contribution in [2.75, 3.05) is 19.7 Å². The maximum atomic E-state index is 12.9. The van der Waals surface area contributed by atoms with E-state index in [1.165, 1.54) is 12.3 Å². The fourth-order valence-electron chi connectivity index (χ4n) is 3.51. The number of ether oxygens (including phenoxy) is 1. The summed E-state index contributed by atoms with van der Waals surface area (Å²) in [7, 11) is 0. The molecule has 31 heavy (non-hydrogen) atoms. The molecule has 0 spiro atoms. The van der Waals surface area contributed by atoms with Gasteiger partial charge in [0.15, 0.2) is 0 Å². The van der Waals surface area contributed by atoms with Crippen LogP contribution in [0.5, 0.6) is 0 Å². The molecule has 0 bridgehead atoms. The number of halogens is 3. The van der Waals surface area contributed by atoms with Crippen LogP contribution in [0.3, 0.4) is 0 Å². The first kappa shape index (κ1) is 21.0. The lowest BCUT2D eigenvalue weighted by molar-refractivity contribution is -0.137. The van der Waals surface area contributed by atoms with Gasteiger partial charge in [-0.15, -0.1) is 0 Å². The summed E-state index contributed by atoms with van der Waals surface area (Å²) in [4.78, 5) is 22.8. The molecule has 1 aliphatic rings. The zero-order chi connectivity index (χ0) is 21.8. The van der Waals surface area contributed by atoms with Gasteiger partial charge in [0.1, 0.15) is 6.10 Å². The molecule has 1 aliphatic heterocycles. The maximum Gasteiger partial charge on any atom is 0.416 e. The molecule has 0 aliphatic carbocycles. The van der Waals surface area contributed by atoms with Gasteiger partial charge < -0.3 is 9.64 Å². The van der Waals surface area contributed by atoms with Gasteiger partial charge in [0.2, 0.25) is 0 Å². The van der Waals surface area contributed by atoms with Crippen molar-refractivity contribution in [1.82, 2.24) is 14.9 Å². The maximum absolute atomic E-state index is 12.9. The average molecular weight is 427 g/mol. The van der Waals surface area contributed by atoms with E-state index in [2.05, 4.69) is 9.97 Å². The summed E-state index contributed by atoms with van der Waals surface area (Å²) in [6.07, 6.45) is 0.402. The number of hydrogen-bond donors (Lipinski definition) is 0. The topological polar surface area (TPSA) is 55.3 Å². The lowest BCUT2D eigenvalue weighted by atomic mass is 10.0. The van der Waals surface area contributed by atoms with Crippen LogP contribution in [0.4, 0.5) is 13.2 Å². The summed E-state index contributed by atoms with van der Waals surface area (Å²) in [5, 5.41) is 0. The molecule has 1 fully saturated rings. The SMILES string of the molecule is O=C(c1cccnc1)N1CCOC(c2ccc(Cc3cccc(C(F)(F)F)c3)cn2)C1. The van der Waals surface area contributed by atoms with Crippen molar-refractivity contribution in [1.29, 1.82) is 0 Å². The van der Waals surface area contributed by atoms with Gasteiger partial charge in [0, 0.05) is 25.1 Å². The number of benzene rings is 1. The van der Waals surface area contributed by atoms with Crippen LogP contribution in [0.1, 0.15) is 38.8 Å². The molecule has 2 aromatic heterocycles. The Morgan fingerprint density at radius 2 is 1.97 bits per heavy atom. The Labute approximate surface area is 177 Å². The van der Waals surface area contributed by atoms with E-state index in [-0.39, 0.29) is 12.0 Å². The molecule has 1 atom stereocenters. The van der Waals surface area contributed by atoms with Gasteiger partial charge in [-0.3, -0.25) is 14.8 Å². The van der Waals surface area contributed by atoms with Crippen molar-refractivity contribution in [3.63, 3.8) is 0 Å². The normalized spacial score (nSPS) is 16.9. The third kappa shape index (κ3) is 5.08. The van der Waals surface area contributed by atoms with Gasteiger partial charge in [-0.1, -0.05) is 24.3 Å². The van der Waals surface area contributed by atoms with Crippen molar-refractivity contribution in [2.24, 2.45) is 0 Å². The van der Waals surface area contributed by atoms with Crippen LogP contribution < -0.4 is 0 Å². The monoisotopic (exact) mass is 427 g/mol. The van der Waals surface area contributed by atoms with Crippen LogP contribution in [-0.4, -0.2) is 40.5 Å². The third-order valence-corrected chi connectivity index (χ3v) is 5.10. The summed E-state index contributed by atoms with van der Waals surface area (Å²) < 4.78 is 44.5. The number of carbonyl (C=O) groups is 1. The van der Waals surface area contributed by atoms with Crippen molar-refractivity contribution >= 4 is 5.91 Å². The predicted octanol–water partition coefficient (Wildman–Crippen LogP) is 4.30. The van der Waals surface area contributed by atoms with E-state index in [1.54, 1.807) is 41.6 Å². The highest BCUT2D eigenvalue weighted by Gasteiger charge is 2.30. The molecule has 5 nitrogen and oxygen atoms in total. The second-order valence-electron chi connectivity index (χ2n) is 7.32. The van der Waals surface area contributed by atoms with Gasteiger partial charge in [0.25, 0.3) is 5.91 Å². The van der Waals surface area contributed by atoms with Crippen LogP contribution in [-0.2, 0) is 17.3 Å². The Bertz CT molecular complexity index is 1040. The second-order valence-corrected chi connectivity index (χ2v) is 7.32. The van der Waals surface area contributed by atoms with E-state index in [0.717, 1.165) is 17.7 Å². The zero-order valence-corrected chi connectivity index (χ0v) is 16.5. The van der Waals surface area contributed by atoms with E-state index in [4.69, 9.17) is 4.74 Å². The number of nitrogens with zero attached hydrogens (tertiary/aromatic N) is 3. The largest absolute Gasteiger partial charge is 0.416 e. The summed E-state index contributed by atoms with van der Waals surface area (Å²) >= 11 is 0. The highest BCUT2D eigenvalue weighted by molar-refractivity contribution is 5.93. The Morgan fingerprint density at radius 1 is 1.10 bits per heavy atom. The molecule has 1 aromatic carbocycles. The summed E-state index contributed by atoms with van der Waals surface area (Å²) in [6.45, 7) is 1.25. The lowest BCUT2D eigenvalue weighted by Crippen LogP contribution is -2.42. The quantitative estimate of drug-likeness (QED) is 0.623. The molecule has 0 radical (unpaired) electrons. The van der Waals surface area contributed by atoms with Crippen molar-refractivity contribution in [3.05, 3.63) is 95.1 Å². The summed E-state index contributed by atoms with van der Waals surface area (Å²) in [5.74, 6) is -0.109. The van der Waals surface area contributed by atoms with E-state index in [0.29, 0.717) is 42.9 Å². The molecule has 8 heteroatoms. The number of morpholine rings is 1. The molecule has 1 amide bonds. The molecular weight excluding hydrogens is 407 g/mol. The van der Waals surface area contributed by atoms with Crippen LogP contribution in [0, 0.1) is 0 Å². The zero-order valence-electron chi connectivity index (χ0n) is 16.5. The number of pyridine rings is 2. The highest BCUT2D eigenvalue weighted by atomic mass is 19.4. The molecule has 0 saturated carbocycles. The summed E-state index contributed by atoms with van der Waals surface area (Å²) in [6, 6.07) is 12.3. The number of alkyl halides is 3. The van der Waals surface area contributed by atoms with Crippen LogP contribution in [0.2, 0.25) is 0 Å². The highest BCUT2D eigenvalue weighted by Crippen LogP contribution is 2.30. The van der Waals surface area contributed by atoms with Gasteiger partial charge in [-0.25, -0.2) is 0 Å². The second kappa shape index (κ2) is 8.85. The molecule has 160 valence electrons. The minimum absolute atomic E-state index is 0.109. The summed E-state index contributed by atoms with van der Waals surface area (Å²) in [5.41, 5.74) is 1.89. The van der Waals surface area contributed by atoms with Crippen LogP contribution >= 0.6 is 0 Å². The fraction of sp³-hybridized carbons (Fsp3) is 0.261. The number of aromatic nitrogens is 2. The Morgan fingerprint density at radius 3 is 2.68 bits per heavy atom. The lowest BCUT2D eigenvalue weighted by Gasteiger charge is -2.32. The van der Waals surface area contributed by atoms with E-state index >= 15 is 0 Å². The number of amides is 1. The third-order valence-electron chi connectivity index (χ3n) is 5.10. The van der Waals surface area contributed by atoms with Crippen LogP contribution in [0.15, 0.2) is 67.1 Å². The molecule has 3 heterocycles. The Hall–Kier alpha value is -3.26. The first-order chi connectivity index (χ1) is 14.9. The van der Waals surface area contributed by atoms with Gasteiger partial charge >= 0.3 is 6.18 Å². The minimum atomic E-state index is -4.37. The standard InChI is InChI=1S/C23H20F3N3O2/c24-23(25,26)19-5-1-3-16(12-19)11-17-6-7-20(28-13-17)21-15-29(9-10-31-21)22(30)18-4-2-8-27-14-18/h1-8,12-14,21H,9-11,15H2. The smallest absolute Gasteiger partial charge is 0.368 e. The molecule has 1 unspecified atom stereocenters. The average Bonchev–Trinajstić information content (AvgIpc) is 2.79. The number of carbonyl (C=O) groups excluding carboxylic acids is 1. The van der Waals surface area contributed by atoms with Gasteiger partial charge in [-0.2, -0.15) is 13.2 Å². The molecule has 4 rings (SSSR count). The Balaban J connectivity index is 1.43. The van der Waals surface area contributed by atoms with Gasteiger partial charge in [0.05, 0.1) is 30.0 Å². The van der Waals surface area contributed by atoms with Crippen molar-refractivity contribution in [3.8, 4) is 0 Å². The Kier molecular flexibility index (Phi) is 5.99. The van der Waals surface area contributed by atoms with E-state index < -0.39 is 11.7 Å². The molecule has 0 N–H and O–H groups in total. The molecular formula is C23H20F3N3O2. The molecule has 1 saturated heterocycles.